The maximum atomic E-state index is 11.0. The molecule has 30 heavy (non-hydrogen) atoms. The number of aromatic hydroxyl groups is 1. The first kappa shape index (κ1) is 18.9. The Balaban J connectivity index is 1.36. The van der Waals surface area contributed by atoms with E-state index in [1.165, 1.54) is 60.8 Å². The third-order valence-corrected chi connectivity index (χ3v) is 8.43. The van der Waals surface area contributed by atoms with Gasteiger partial charge in [-0.25, -0.2) is 0 Å². The third-order valence-electron chi connectivity index (χ3n) is 8.43. The van der Waals surface area contributed by atoms with Gasteiger partial charge in [-0.15, -0.1) is 0 Å². The molecule has 0 amide bonds. The zero-order valence-corrected chi connectivity index (χ0v) is 17.9. The van der Waals surface area contributed by atoms with Crippen molar-refractivity contribution in [2.45, 2.75) is 50.5 Å². The Morgan fingerprint density at radius 1 is 0.900 bits per heavy atom. The van der Waals surface area contributed by atoms with Crippen LogP contribution in [0.3, 0.4) is 0 Å². The van der Waals surface area contributed by atoms with Crippen LogP contribution >= 0.6 is 0 Å². The van der Waals surface area contributed by atoms with Gasteiger partial charge in [-0.2, -0.15) is 0 Å². The highest BCUT2D eigenvalue weighted by Crippen LogP contribution is 2.62. The Hall–Kier alpha value is -1.84. The van der Waals surface area contributed by atoms with Gasteiger partial charge in [0, 0.05) is 25.2 Å². The SMILES string of the molecule is Oc1ccc(-c2ccccc2CN2CCOCC2)cc1C12CC3CC(CC(C3)C1)C2. The standard InChI is InChI=1S/C27H33NO2/c29-26-6-5-22(24-4-2-1-3-23(24)18-28-7-9-30-10-8-28)14-25(26)27-15-19-11-20(16-27)13-21(12-19)17-27/h1-6,14,19-21,29H,7-13,15-18H2. The molecule has 1 aliphatic heterocycles. The molecule has 158 valence electrons. The van der Waals surface area contributed by atoms with Crippen molar-refractivity contribution in [3.63, 3.8) is 0 Å². The van der Waals surface area contributed by atoms with E-state index in [1.54, 1.807) is 0 Å². The van der Waals surface area contributed by atoms with Crippen molar-refractivity contribution in [3.05, 3.63) is 53.6 Å². The fraction of sp³-hybridized carbons (Fsp3) is 0.556. The van der Waals surface area contributed by atoms with Crippen LogP contribution in [0, 0.1) is 17.8 Å². The van der Waals surface area contributed by atoms with Gasteiger partial charge in [0.25, 0.3) is 0 Å². The van der Waals surface area contributed by atoms with Crippen molar-refractivity contribution >= 4 is 0 Å². The van der Waals surface area contributed by atoms with Crippen molar-refractivity contribution in [1.82, 2.24) is 4.90 Å². The van der Waals surface area contributed by atoms with E-state index < -0.39 is 0 Å². The molecule has 0 aromatic heterocycles. The maximum absolute atomic E-state index is 11.0. The fourth-order valence-electron chi connectivity index (χ4n) is 7.51. The third kappa shape index (κ3) is 3.27. The van der Waals surface area contributed by atoms with E-state index in [9.17, 15) is 5.11 Å². The second-order valence-corrected chi connectivity index (χ2v) is 10.5. The largest absolute Gasteiger partial charge is 0.508 e. The number of ether oxygens (including phenoxy) is 1. The van der Waals surface area contributed by atoms with Gasteiger partial charge in [0.15, 0.2) is 0 Å². The summed E-state index contributed by atoms with van der Waals surface area (Å²) in [5.41, 5.74) is 5.41. The van der Waals surface area contributed by atoms with Crippen LogP contribution < -0.4 is 0 Å². The van der Waals surface area contributed by atoms with Crippen molar-refractivity contribution in [3.8, 4) is 16.9 Å². The Kier molecular flexibility index (Phi) is 4.65. The summed E-state index contributed by atoms with van der Waals surface area (Å²) in [5.74, 6) is 3.17. The molecule has 1 N–H and O–H groups in total. The van der Waals surface area contributed by atoms with Crippen LogP contribution in [-0.4, -0.2) is 36.3 Å². The summed E-state index contributed by atoms with van der Waals surface area (Å²) in [5, 5.41) is 11.0. The number of benzene rings is 2. The van der Waals surface area contributed by atoms with Crippen molar-refractivity contribution in [2.75, 3.05) is 26.3 Å². The van der Waals surface area contributed by atoms with Gasteiger partial charge in [0.2, 0.25) is 0 Å². The van der Waals surface area contributed by atoms with Gasteiger partial charge in [-0.1, -0.05) is 30.3 Å². The van der Waals surface area contributed by atoms with Crippen molar-refractivity contribution in [2.24, 2.45) is 17.8 Å². The van der Waals surface area contributed by atoms with Crippen molar-refractivity contribution < 1.29 is 9.84 Å². The molecule has 7 rings (SSSR count). The molecule has 3 nitrogen and oxygen atoms in total. The second-order valence-electron chi connectivity index (χ2n) is 10.5. The van der Waals surface area contributed by atoms with Crippen LogP contribution in [0.4, 0.5) is 0 Å². The summed E-state index contributed by atoms with van der Waals surface area (Å²) in [6.45, 7) is 4.63. The summed E-state index contributed by atoms with van der Waals surface area (Å²) in [4.78, 5) is 2.49. The first-order valence-corrected chi connectivity index (χ1v) is 11.9. The molecule has 1 saturated heterocycles. The quantitative estimate of drug-likeness (QED) is 0.746. The highest BCUT2D eigenvalue weighted by atomic mass is 16.5. The maximum Gasteiger partial charge on any atom is 0.119 e. The van der Waals surface area contributed by atoms with Gasteiger partial charge in [-0.3, -0.25) is 4.90 Å². The van der Waals surface area contributed by atoms with E-state index in [-0.39, 0.29) is 5.41 Å². The van der Waals surface area contributed by atoms with Crippen LogP contribution in [0.1, 0.15) is 49.7 Å². The zero-order chi connectivity index (χ0) is 20.1. The monoisotopic (exact) mass is 403 g/mol. The van der Waals surface area contributed by atoms with Gasteiger partial charge in [-0.05, 0) is 90.5 Å². The minimum Gasteiger partial charge on any atom is -0.508 e. The molecule has 0 radical (unpaired) electrons. The molecule has 0 atom stereocenters. The number of hydrogen-bond donors (Lipinski definition) is 1. The van der Waals surface area contributed by atoms with E-state index in [0.29, 0.717) is 5.75 Å². The lowest BCUT2D eigenvalue weighted by molar-refractivity contribution is -0.00611. The minimum absolute atomic E-state index is 0.216. The van der Waals surface area contributed by atoms with Crippen molar-refractivity contribution in [1.29, 1.82) is 0 Å². The lowest BCUT2D eigenvalue weighted by Gasteiger charge is -2.57. The topological polar surface area (TPSA) is 32.7 Å². The number of phenols is 1. The van der Waals surface area contributed by atoms with Gasteiger partial charge in [0.05, 0.1) is 13.2 Å². The number of nitrogens with zero attached hydrogens (tertiary/aromatic N) is 1. The molecule has 0 spiro atoms. The molecule has 4 bridgehead atoms. The van der Waals surface area contributed by atoms with Crippen LogP contribution in [0.25, 0.3) is 11.1 Å². The van der Waals surface area contributed by atoms with Crippen LogP contribution in [0.5, 0.6) is 5.75 Å². The van der Waals surface area contributed by atoms with Gasteiger partial charge < -0.3 is 9.84 Å². The van der Waals surface area contributed by atoms with Crippen LogP contribution in [0.15, 0.2) is 42.5 Å². The summed E-state index contributed by atoms with van der Waals surface area (Å²) in [6, 6.07) is 15.3. The van der Waals surface area contributed by atoms with E-state index in [1.807, 2.05) is 6.07 Å². The lowest BCUT2D eigenvalue weighted by atomic mass is 9.48. The number of morpholine rings is 1. The first-order chi connectivity index (χ1) is 14.7. The Labute approximate surface area is 180 Å². The molecule has 2 aromatic rings. The minimum atomic E-state index is 0.216. The predicted octanol–water partition coefficient (Wildman–Crippen LogP) is 5.36. The number of phenolic OH excluding ortho intramolecular Hbond substituents is 1. The Morgan fingerprint density at radius 3 is 2.27 bits per heavy atom. The first-order valence-electron chi connectivity index (χ1n) is 11.9. The molecule has 2 aromatic carbocycles. The van der Waals surface area contributed by atoms with Gasteiger partial charge in [0.1, 0.15) is 5.75 Å². The fourth-order valence-corrected chi connectivity index (χ4v) is 7.51. The Morgan fingerprint density at radius 2 is 1.57 bits per heavy atom. The van der Waals surface area contributed by atoms with Gasteiger partial charge >= 0.3 is 0 Å². The van der Waals surface area contributed by atoms with E-state index in [4.69, 9.17) is 4.74 Å². The van der Waals surface area contributed by atoms with Crippen LogP contribution in [-0.2, 0) is 16.7 Å². The van der Waals surface area contributed by atoms with E-state index in [2.05, 4.69) is 41.3 Å². The lowest BCUT2D eigenvalue weighted by Crippen LogP contribution is -2.48. The average Bonchev–Trinajstić information content (AvgIpc) is 2.74. The molecule has 4 aliphatic carbocycles. The molecular formula is C27H33NO2. The Bertz CT molecular complexity index is 895. The van der Waals surface area contributed by atoms with Crippen LogP contribution in [0.2, 0.25) is 0 Å². The average molecular weight is 404 g/mol. The highest BCUT2D eigenvalue weighted by molar-refractivity contribution is 5.70. The molecule has 4 saturated carbocycles. The molecule has 5 fully saturated rings. The molecule has 0 unspecified atom stereocenters. The normalized spacial score (nSPS) is 33.1. The highest BCUT2D eigenvalue weighted by Gasteiger charge is 2.52. The number of rotatable bonds is 4. The number of hydrogen-bond acceptors (Lipinski definition) is 3. The summed E-state index contributed by atoms with van der Waals surface area (Å²) in [6.07, 6.45) is 8.15. The molecule has 3 heteroatoms. The summed E-state index contributed by atoms with van der Waals surface area (Å²) < 4.78 is 5.53. The van der Waals surface area contributed by atoms with E-state index in [0.717, 1.165) is 50.6 Å². The molecule has 1 heterocycles. The summed E-state index contributed by atoms with van der Waals surface area (Å²) in [7, 11) is 0. The van der Waals surface area contributed by atoms with E-state index >= 15 is 0 Å². The molecule has 5 aliphatic rings. The predicted molar refractivity (Wildman–Crippen MR) is 119 cm³/mol. The summed E-state index contributed by atoms with van der Waals surface area (Å²) >= 11 is 0. The zero-order valence-electron chi connectivity index (χ0n) is 17.9. The smallest absolute Gasteiger partial charge is 0.119 e. The second kappa shape index (κ2) is 7.39. The molecular weight excluding hydrogens is 370 g/mol.